The fraction of sp³-hybridized carbons (Fsp3) is 0.308. The van der Waals surface area contributed by atoms with Gasteiger partial charge in [0.25, 0.3) is 0 Å². The number of aromatic nitrogens is 2. The van der Waals surface area contributed by atoms with Crippen molar-refractivity contribution < 1.29 is 4.74 Å². The Morgan fingerprint density at radius 3 is 2.82 bits per heavy atom. The fourth-order valence-corrected chi connectivity index (χ4v) is 1.91. The second-order valence-electron chi connectivity index (χ2n) is 4.07. The normalized spacial score (nSPS) is 12.4. The Morgan fingerprint density at radius 2 is 2.18 bits per heavy atom. The molecule has 0 radical (unpaired) electrons. The molecule has 0 spiro atoms. The molecule has 2 rings (SSSR count). The Labute approximate surface area is 101 Å². The smallest absolute Gasteiger partial charge is 0.123 e. The SMILES string of the molecule is COc1ccccc1C(N)Cc1cnn(C)c1. The van der Waals surface area contributed by atoms with Gasteiger partial charge in [-0.2, -0.15) is 5.10 Å². The van der Waals surface area contributed by atoms with Crippen LogP contribution in [0.1, 0.15) is 17.2 Å². The van der Waals surface area contributed by atoms with E-state index in [0.29, 0.717) is 0 Å². The maximum atomic E-state index is 6.20. The summed E-state index contributed by atoms with van der Waals surface area (Å²) in [6, 6.07) is 7.77. The van der Waals surface area contributed by atoms with Crippen LogP contribution in [0.25, 0.3) is 0 Å². The van der Waals surface area contributed by atoms with Gasteiger partial charge in [0.05, 0.1) is 13.3 Å². The van der Waals surface area contributed by atoms with E-state index in [1.165, 1.54) is 0 Å². The first-order chi connectivity index (χ1) is 8.20. The Morgan fingerprint density at radius 1 is 1.41 bits per heavy atom. The first kappa shape index (κ1) is 11.7. The van der Waals surface area contributed by atoms with E-state index in [1.54, 1.807) is 11.8 Å². The minimum atomic E-state index is -0.0738. The van der Waals surface area contributed by atoms with Crippen molar-refractivity contribution in [1.29, 1.82) is 0 Å². The van der Waals surface area contributed by atoms with Crippen molar-refractivity contribution in [2.24, 2.45) is 12.8 Å². The highest BCUT2D eigenvalue weighted by Gasteiger charge is 2.12. The van der Waals surface area contributed by atoms with E-state index >= 15 is 0 Å². The van der Waals surface area contributed by atoms with Gasteiger partial charge < -0.3 is 10.5 Å². The summed E-state index contributed by atoms with van der Waals surface area (Å²) in [5.41, 5.74) is 8.35. The quantitative estimate of drug-likeness (QED) is 0.870. The molecule has 2 aromatic rings. The maximum Gasteiger partial charge on any atom is 0.123 e. The molecule has 0 aliphatic heterocycles. The second-order valence-corrected chi connectivity index (χ2v) is 4.07. The summed E-state index contributed by atoms with van der Waals surface area (Å²) < 4.78 is 7.09. The van der Waals surface area contributed by atoms with Gasteiger partial charge in [0.15, 0.2) is 0 Å². The molecule has 0 fully saturated rings. The third-order valence-electron chi connectivity index (χ3n) is 2.75. The zero-order valence-corrected chi connectivity index (χ0v) is 10.1. The summed E-state index contributed by atoms with van der Waals surface area (Å²) in [4.78, 5) is 0. The third-order valence-corrected chi connectivity index (χ3v) is 2.75. The fourth-order valence-electron chi connectivity index (χ4n) is 1.91. The lowest BCUT2D eigenvalue weighted by atomic mass is 10.0. The van der Waals surface area contributed by atoms with Gasteiger partial charge in [-0.25, -0.2) is 0 Å². The third kappa shape index (κ3) is 2.65. The predicted molar refractivity (Wildman–Crippen MR) is 66.8 cm³/mol. The topological polar surface area (TPSA) is 53.1 Å². The van der Waals surface area contributed by atoms with E-state index < -0.39 is 0 Å². The van der Waals surface area contributed by atoms with Crippen LogP contribution in [-0.4, -0.2) is 16.9 Å². The van der Waals surface area contributed by atoms with Gasteiger partial charge in [-0.15, -0.1) is 0 Å². The monoisotopic (exact) mass is 231 g/mol. The molecule has 1 unspecified atom stereocenters. The predicted octanol–water partition coefficient (Wildman–Crippen LogP) is 1.67. The van der Waals surface area contributed by atoms with Gasteiger partial charge in [-0.1, -0.05) is 18.2 Å². The summed E-state index contributed by atoms with van der Waals surface area (Å²) in [6.45, 7) is 0. The van der Waals surface area contributed by atoms with E-state index in [0.717, 1.165) is 23.3 Å². The van der Waals surface area contributed by atoms with Gasteiger partial charge in [0.1, 0.15) is 5.75 Å². The number of rotatable bonds is 4. The van der Waals surface area contributed by atoms with E-state index in [4.69, 9.17) is 10.5 Å². The molecule has 1 heterocycles. The van der Waals surface area contributed by atoms with Crippen LogP contribution < -0.4 is 10.5 Å². The van der Waals surface area contributed by atoms with Crippen molar-refractivity contribution in [3.8, 4) is 5.75 Å². The maximum absolute atomic E-state index is 6.20. The lowest BCUT2D eigenvalue weighted by Gasteiger charge is -2.14. The minimum Gasteiger partial charge on any atom is -0.496 e. The molecule has 0 aliphatic carbocycles. The molecule has 0 amide bonds. The van der Waals surface area contributed by atoms with Crippen LogP contribution in [0.2, 0.25) is 0 Å². The van der Waals surface area contributed by atoms with Crippen molar-refractivity contribution in [2.45, 2.75) is 12.5 Å². The first-order valence-corrected chi connectivity index (χ1v) is 5.56. The number of hydrogen-bond donors (Lipinski definition) is 1. The van der Waals surface area contributed by atoms with Crippen LogP contribution in [0.5, 0.6) is 5.75 Å². The molecule has 1 atom stereocenters. The molecule has 0 saturated heterocycles. The molecule has 4 heteroatoms. The molecule has 1 aromatic heterocycles. The van der Waals surface area contributed by atoms with Crippen molar-refractivity contribution >= 4 is 0 Å². The zero-order chi connectivity index (χ0) is 12.3. The Kier molecular flexibility index (Phi) is 3.44. The summed E-state index contributed by atoms with van der Waals surface area (Å²) >= 11 is 0. The zero-order valence-electron chi connectivity index (χ0n) is 10.1. The van der Waals surface area contributed by atoms with Crippen LogP contribution >= 0.6 is 0 Å². The van der Waals surface area contributed by atoms with E-state index in [-0.39, 0.29) is 6.04 Å². The molecule has 0 saturated carbocycles. The van der Waals surface area contributed by atoms with Crippen LogP contribution in [0.3, 0.4) is 0 Å². The Balaban J connectivity index is 2.16. The summed E-state index contributed by atoms with van der Waals surface area (Å²) in [7, 11) is 3.56. The number of nitrogens with zero attached hydrogens (tertiary/aromatic N) is 2. The average Bonchev–Trinajstić information content (AvgIpc) is 2.74. The van der Waals surface area contributed by atoms with E-state index in [2.05, 4.69) is 5.10 Å². The number of methoxy groups -OCH3 is 1. The largest absolute Gasteiger partial charge is 0.496 e. The molecule has 17 heavy (non-hydrogen) atoms. The van der Waals surface area contributed by atoms with Gasteiger partial charge in [0, 0.05) is 24.8 Å². The van der Waals surface area contributed by atoms with Crippen molar-refractivity contribution in [2.75, 3.05) is 7.11 Å². The molecule has 1 aromatic carbocycles. The highest BCUT2D eigenvalue weighted by atomic mass is 16.5. The Bertz CT molecular complexity index is 493. The summed E-state index contributed by atoms with van der Waals surface area (Å²) in [5, 5.41) is 4.14. The summed E-state index contributed by atoms with van der Waals surface area (Å²) in [6.07, 6.45) is 4.58. The number of hydrogen-bond acceptors (Lipinski definition) is 3. The lowest BCUT2D eigenvalue weighted by molar-refractivity contribution is 0.405. The van der Waals surface area contributed by atoms with Crippen molar-refractivity contribution in [3.05, 3.63) is 47.8 Å². The summed E-state index contributed by atoms with van der Waals surface area (Å²) in [5.74, 6) is 0.837. The van der Waals surface area contributed by atoms with E-state index in [1.807, 2.05) is 43.7 Å². The molecular weight excluding hydrogens is 214 g/mol. The molecule has 0 aliphatic rings. The van der Waals surface area contributed by atoms with Crippen LogP contribution in [0, 0.1) is 0 Å². The average molecular weight is 231 g/mol. The molecule has 90 valence electrons. The second kappa shape index (κ2) is 5.01. The molecule has 0 bridgehead atoms. The molecular formula is C13H17N3O. The van der Waals surface area contributed by atoms with Crippen molar-refractivity contribution in [1.82, 2.24) is 9.78 Å². The van der Waals surface area contributed by atoms with Crippen LogP contribution in [-0.2, 0) is 13.5 Å². The van der Waals surface area contributed by atoms with Gasteiger partial charge in [0.2, 0.25) is 0 Å². The van der Waals surface area contributed by atoms with Crippen LogP contribution in [0.4, 0.5) is 0 Å². The van der Waals surface area contributed by atoms with E-state index in [9.17, 15) is 0 Å². The number of aryl methyl sites for hydroxylation is 1. The first-order valence-electron chi connectivity index (χ1n) is 5.56. The minimum absolute atomic E-state index is 0.0738. The van der Waals surface area contributed by atoms with Gasteiger partial charge in [-0.05, 0) is 18.1 Å². The number of ether oxygens (including phenoxy) is 1. The van der Waals surface area contributed by atoms with Crippen molar-refractivity contribution in [3.63, 3.8) is 0 Å². The molecule has 2 N–H and O–H groups in total. The highest BCUT2D eigenvalue weighted by molar-refractivity contribution is 5.36. The lowest BCUT2D eigenvalue weighted by Crippen LogP contribution is -2.14. The van der Waals surface area contributed by atoms with Gasteiger partial charge >= 0.3 is 0 Å². The van der Waals surface area contributed by atoms with Gasteiger partial charge in [-0.3, -0.25) is 4.68 Å². The number of nitrogens with two attached hydrogens (primary N) is 1. The number of benzene rings is 1. The Hall–Kier alpha value is -1.81. The highest BCUT2D eigenvalue weighted by Crippen LogP contribution is 2.25. The number of para-hydroxylation sites is 1. The standard InChI is InChI=1S/C13H17N3O/c1-16-9-10(8-15-16)7-12(14)11-5-3-4-6-13(11)17-2/h3-6,8-9,12H,7,14H2,1-2H3. The molecule has 4 nitrogen and oxygen atoms in total. The van der Waals surface area contributed by atoms with Crippen LogP contribution in [0.15, 0.2) is 36.7 Å².